The van der Waals surface area contributed by atoms with Crippen molar-refractivity contribution in [3.8, 4) is 5.75 Å². The highest BCUT2D eigenvalue weighted by Gasteiger charge is 2.54. The number of ether oxygens (including phenoxy) is 2. The molecule has 3 aromatic rings. The first-order chi connectivity index (χ1) is 27.8. The number of piperidine rings is 1. The van der Waals surface area contributed by atoms with Gasteiger partial charge in [0.1, 0.15) is 17.4 Å². The van der Waals surface area contributed by atoms with Crippen molar-refractivity contribution < 1.29 is 40.7 Å². The zero-order valence-electron chi connectivity index (χ0n) is 33.0. The van der Waals surface area contributed by atoms with Gasteiger partial charge in [-0.2, -0.15) is 0 Å². The number of carbonyl (C=O) groups is 2. The topological polar surface area (TPSA) is 121 Å². The van der Waals surface area contributed by atoms with Crippen LogP contribution in [-0.4, -0.2) is 109 Å². The summed E-state index contributed by atoms with van der Waals surface area (Å²) < 4.78 is 84.4. The number of methoxy groups -OCH3 is 2. The summed E-state index contributed by atoms with van der Waals surface area (Å²) in [4.78, 5) is 30.0. The highest BCUT2D eigenvalue weighted by molar-refractivity contribution is 7.91. The van der Waals surface area contributed by atoms with Crippen LogP contribution in [0.4, 0.5) is 29.3 Å². The molecule has 15 heteroatoms. The summed E-state index contributed by atoms with van der Waals surface area (Å²) >= 11 is 0. The van der Waals surface area contributed by atoms with E-state index in [0.29, 0.717) is 13.1 Å². The van der Waals surface area contributed by atoms with Crippen molar-refractivity contribution in [2.45, 2.75) is 65.4 Å². The number of carbonyl (C=O) groups excluding carboxylic acids is 2. The summed E-state index contributed by atoms with van der Waals surface area (Å²) in [5.74, 6) is -1.24. The maximum Gasteiger partial charge on any atom is 0.407 e. The van der Waals surface area contributed by atoms with E-state index in [1.54, 1.807) is 17.0 Å². The molecule has 2 N–H and O–H groups in total. The molecule has 3 atom stereocenters. The van der Waals surface area contributed by atoms with Crippen LogP contribution >= 0.6 is 0 Å². The lowest BCUT2D eigenvalue weighted by molar-refractivity contribution is -0.111. The summed E-state index contributed by atoms with van der Waals surface area (Å²) in [5.41, 5.74) is -0.825. The molecule has 3 heterocycles. The second kappa shape index (κ2) is 16.9. The summed E-state index contributed by atoms with van der Waals surface area (Å²) in [6.45, 7) is 7.44. The van der Waals surface area contributed by atoms with Crippen LogP contribution in [0.1, 0.15) is 44.1 Å². The van der Waals surface area contributed by atoms with E-state index in [2.05, 4.69) is 27.0 Å². The third-order valence-corrected chi connectivity index (χ3v) is 14.4. The molecular formula is C43H52F3N5O6S. The molecule has 3 saturated heterocycles. The molecule has 7 rings (SSSR count). The summed E-state index contributed by atoms with van der Waals surface area (Å²) in [5, 5.41) is 5.62. The summed E-state index contributed by atoms with van der Waals surface area (Å²) in [7, 11) is -1.51. The number of benzene rings is 3. The number of halogens is 3. The zero-order chi connectivity index (χ0) is 41.2. The maximum atomic E-state index is 16.3. The van der Waals surface area contributed by atoms with Gasteiger partial charge in [0.05, 0.1) is 42.8 Å². The molecule has 2 amide bonds. The molecule has 0 spiro atoms. The number of hydrogen-bond acceptors (Lipinski definition) is 9. The molecule has 0 aromatic heterocycles. The number of sulfone groups is 1. The molecule has 0 radical (unpaired) electrons. The standard InChI is InChI=1S/C43H52F3N5O6S/c1-4-40(52)47-32-21-33(56-2)23-35(22-32)58(54,55)34-12-13-39(37(45)24-34)51-26-42(46,27-51)25-50-18-14-29(15-19-50)43(28-49-16-7-17-49,30-8-5-9-31(44)20-30)36-10-6-11-38(36)48-41(53)57-3/h4-5,8-9,12-13,20-24,29,36,38H,1,6-7,10-11,14-19,25-28H2,2-3H3,(H,47,52)(H,48,53)/t36-,38-,43?/m0/s1. The number of alkyl carbamates (subject to hydrolysis) is 1. The Morgan fingerprint density at radius 2 is 1.69 bits per heavy atom. The van der Waals surface area contributed by atoms with Gasteiger partial charge in [0.25, 0.3) is 0 Å². The Morgan fingerprint density at radius 1 is 0.931 bits per heavy atom. The third-order valence-electron chi connectivity index (χ3n) is 12.7. The van der Waals surface area contributed by atoms with Crippen LogP contribution in [0.25, 0.3) is 0 Å². The molecule has 3 aliphatic heterocycles. The van der Waals surface area contributed by atoms with E-state index in [-0.39, 0.29) is 70.2 Å². The minimum atomic E-state index is -4.23. The molecule has 312 valence electrons. The van der Waals surface area contributed by atoms with Crippen LogP contribution in [0.3, 0.4) is 0 Å². The molecule has 1 aliphatic carbocycles. The predicted molar refractivity (Wildman–Crippen MR) is 215 cm³/mol. The Labute approximate surface area is 338 Å². The Morgan fingerprint density at radius 3 is 2.33 bits per heavy atom. The van der Waals surface area contributed by atoms with Gasteiger partial charge < -0.3 is 29.9 Å². The predicted octanol–water partition coefficient (Wildman–Crippen LogP) is 6.34. The lowest BCUT2D eigenvalue weighted by atomic mass is 9.57. The van der Waals surface area contributed by atoms with E-state index in [9.17, 15) is 18.0 Å². The van der Waals surface area contributed by atoms with E-state index in [1.165, 1.54) is 50.6 Å². The van der Waals surface area contributed by atoms with Gasteiger partial charge in [-0.1, -0.05) is 25.1 Å². The number of hydrogen-bond donors (Lipinski definition) is 2. The SMILES string of the molecule is C=CC(=O)Nc1cc(OC)cc(S(=O)(=O)c2ccc(N3CC(F)(CN4CCC(C(CN5CCC5)(c5cccc(F)c5)[C@H]5CCC[C@@H]5NC(=O)OC)CC4)C3)c(F)c2)c1. The van der Waals surface area contributed by atoms with E-state index in [0.717, 1.165) is 75.9 Å². The zero-order valence-corrected chi connectivity index (χ0v) is 33.8. The van der Waals surface area contributed by atoms with E-state index in [1.807, 2.05) is 6.07 Å². The van der Waals surface area contributed by atoms with Crippen molar-refractivity contribution in [2.75, 3.05) is 76.8 Å². The lowest BCUT2D eigenvalue weighted by Crippen LogP contribution is -2.65. The Balaban J connectivity index is 1.03. The number of alkyl halides is 1. The second-order valence-corrected chi connectivity index (χ2v) is 18.2. The van der Waals surface area contributed by atoms with Crippen molar-refractivity contribution in [2.24, 2.45) is 11.8 Å². The molecule has 3 aromatic carbocycles. The van der Waals surface area contributed by atoms with Crippen molar-refractivity contribution in [3.63, 3.8) is 0 Å². The first-order valence-corrected chi connectivity index (χ1v) is 21.4. The largest absolute Gasteiger partial charge is 0.497 e. The van der Waals surface area contributed by atoms with Gasteiger partial charge in [0.15, 0.2) is 5.67 Å². The van der Waals surface area contributed by atoms with Crippen LogP contribution in [0.5, 0.6) is 5.75 Å². The number of nitrogens with zero attached hydrogens (tertiary/aromatic N) is 3. The van der Waals surface area contributed by atoms with Gasteiger partial charge in [0.2, 0.25) is 15.7 Å². The summed E-state index contributed by atoms with van der Waals surface area (Å²) in [6.07, 6.45) is 5.87. The van der Waals surface area contributed by atoms with E-state index in [4.69, 9.17) is 9.47 Å². The summed E-state index contributed by atoms with van der Waals surface area (Å²) in [6, 6.07) is 14.4. The Bertz CT molecular complexity index is 2120. The highest BCUT2D eigenvalue weighted by Crippen LogP contribution is 2.52. The lowest BCUT2D eigenvalue weighted by Gasteiger charge is -2.54. The van der Waals surface area contributed by atoms with Gasteiger partial charge in [-0.3, -0.25) is 9.69 Å². The fourth-order valence-electron chi connectivity index (χ4n) is 9.81. The fraction of sp³-hybridized carbons (Fsp3) is 0.488. The van der Waals surface area contributed by atoms with Gasteiger partial charge in [-0.15, -0.1) is 0 Å². The molecule has 0 bridgehead atoms. The van der Waals surface area contributed by atoms with Crippen LogP contribution in [0, 0.1) is 23.5 Å². The average Bonchev–Trinajstić information content (AvgIpc) is 3.65. The molecule has 11 nitrogen and oxygen atoms in total. The average molecular weight is 824 g/mol. The number of anilines is 2. The number of nitrogens with one attached hydrogen (secondary N) is 2. The third kappa shape index (κ3) is 8.44. The highest BCUT2D eigenvalue weighted by atomic mass is 32.2. The quantitative estimate of drug-likeness (QED) is 0.180. The molecule has 4 fully saturated rings. The van der Waals surface area contributed by atoms with Gasteiger partial charge >= 0.3 is 6.09 Å². The first kappa shape index (κ1) is 41.6. The minimum Gasteiger partial charge on any atom is -0.497 e. The van der Waals surface area contributed by atoms with Crippen molar-refractivity contribution >= 4 is 33.2 Å². The van der Waals surface area contributed by atoms with Crippen LogP contribution in [-0.2, 0) is 24.8 Å². The van der Waals surface area contributed by atoms with Crippen LogP contribution in [0.2, 0.25) is 0 Å². The molecular weight excluding hydrogens is 772 g/mol. The molecule has 1 saturated carbocycles. The molecule has 1 unspecified atom stereocenters. The van der Waals surface area contributed by atoms with Crippen molar-refractivity contribution in [3.05, 3.63) is 90.5 Å². The first-order valence-electron chi connectivity index (χ1n) is 19.9. The maximum absolute atomic E-state index is 16.3. The van der Waals surface area contributed by atoms with Crippen molar-refractivity contribution in [1.82, 2.24) is 15.1 Å². The van der Waals surface area contributed by atoms with Gasteiger partial charge in [-0.25, -0.2) is 26.4 Å². The number of rotatable bonds is 14. The Hall–Kier alpha value is -4.60. The second-order valence-electron chi connectivity index (χ2n) is 16.2. The Kier molecular flexibility index (Phi) is 12.1. The minimum absolute atomic E-state index is 0.0522. The van der Waals surface area contributed by atoms with E-state index >= 15 is 13.2 Å². The van der Waals surface area contributed by atoms with Crippen molar-refractivity contribution in [1.29, 1.82) is 0 Å². The smallest absolute Gasteiger partial charge is 0.407 e. The van der Waals surface area contributed by atoms with Crippen LogP contribution < -0.4 is 20.3 Å². The number of likely N-dealkylation sites (tertiary alicyclic amines) is 2. The monoisotopic (exact) mass is 823 g/mol. The van der Waals surface area contributed by atoms with E-state index < -0.39 is 38.7 Å². The molecule has 4 aliphatic rings. The number of amides is 2. The van der Waals surface area contributed by atoms with Gasteiger partial charge in [-0.05, 0) is 124 Å². The van der Waals surface area contributed by atoms with Crippen LogP contribution in [0.15, 0.2) is 83.1 Å². The molecule has 58 heavy (non-hydrogen) atoms. The van der Waals surface area contributed by atoms with Gasteiger partial charge in [0, 0.05) is 36.3 Å². The fourth-order valence-corrected chi connectivity index (χ4v) is 11.1. The normalized spacial score (nSPS) is 22.3.